The average Bonchev–Trinajstić information content (AvgIpc) is 2.76. The number of aryl methyl sites for hydroxylation is 3. The molecule has 5 nitrogen and oxygen atoms in total. The van der Waals surface area contributed by atoms with Crippen molar-refractivity contribution in [1.82, 2.24) is 14.5 Å². The number of carbonyl (C=O) groups is 1. The molecular formula is C11H14N4OS. The van der Waals surface area contributed by atoms with Crippen LogP contribution in [0.1, 0.15) is 16.4 Å². The molecule has 0 unspecified atom stereocenters. The molecule has 0 radical (unpaired) electrons. The van der Waals surface area contributed by atoms with Crippen molar-refractivity contribution in [3.05, 3.63) is 28.8 Å². The van der Waals surface area contributed by atoms with E-state index in [1.54, 1.807) is 6.20 Å². The van der Waals surface area contributed by atoms with Crippen LogP contribution in [-0.4, -0.2) is 20.4 Å². The summed E-state index contributed by atoms with van der Waals surface area (Å²) in [5.41, 5.74) is 0.960. The van der Waals surface area contributed by atoms with Crippen molar-refractivity contribution in [2.75, 3.05) is 5.32 Å². The first-order valence-electron chi connectivity index (χ1n) is 5.26. The summed E-state index contributed by atoms with van der Waals surface area (Å²) >= 11 is 1.49. The molecule has 2 rings (SSSR count). The van der Waals surface area contributed by atoms with Gasteiger partial charge in [0.2, 0.25) is 5.91 Å². The fourth-order valence-electron chi connectivity index (χ4n) is 1.40. The molecule has 17 heavy (non-hydrogen) atoms. The van der Waals surface area contributed by atoms with E-state index in [9.17, 15) is 4.79 Å². The number of thiazole rings is 1. The van der Waals surface area contributed by atoms with Gasteiger partial charge in [-0.3, -0.25) is 4.79 Å². The Hall–Kier alpha value is -1.69. The van der Waals surface area contributed by atoms with Crippen LogP contribution in [0, 0.1) is 13.8 Å². The lowest BCUT2D eigenvalue weighted by molar-refractivity contribution is -0.115. The van der Waals surface area contributed by atoms with Gasteiger partial charge in [-0.2, -0.15) is 0 Å². The Bertz CT molecular complexity index is 524. The zero-order valence-electron chi connectivity index (χ0n) is 10.0. The zero-order valence-corrected chi connectivity index (χ0v) is 10.8. The van der Waals surface area contributed by atoms with Gasteiger partial charge in [0, 0.05) is 24.3 Å². The molecule has 0 aliphatic heterocycles. The number of nitrogens with one attached hydrogen (secondary N) is 1. The highest BCUT2D eigenvalue weighted by molar-refractivity contribution is 7.15. The normalized spacial score (nSPS) is 10.5. The molecule has 1 N–H and O–H groups in total. The fraction of sp³-hybridized carbons (Fsp3) is 0.364. The SMILES string of the molecule is Cc1nc(NC(=O)Cc2nccn2C)sc1C. The number of amides is 1. The standard InChI is InChI=1S/C11H14N4OS/c1-7-8(2)17-11(13-7)14-10(16)6-9-12-4-5-15(9)3/h4-5H,6H2,1-3H3,(H,13,14,16). The van der Waals surface area contributed by atoms with Gasteiger partial charge < -0.3 is 9.88 Å². The number of nitrogens with zero attached hydrogens (tertiary/aromatic N) is 3. The molecule has 6 heteroatoms. The van der Waals surface area contributed by atoms with Crippen molar-refractivity contribution in [3.63, 3.8) is 0 Å². The molecule has 2 aromatic heterocycles. The van der Waals surface area contributed by atoms with Gasteiger partial charge in [0.25, 0.3) is 0 Å². The van der Waals surface area contributed by atoms with E-state index in [4.69, 9.17) is 0 Å². The zero-order chi connectivity index (χ0) is 12.4. The molecule has 0 saturated heterocycles. The summed E-state index contributed by atoms with van der Waals surface area (Å²) < 4.78 is 1.83. The van der Waals surface area contributed by atoms with E-state index in [-0.39, 0.29) is 12.3 Å². The summed E-state index contributed by atoms with van der Waals surface area (Å²) in [6.45, 7) is 3.92. The van der Waals surface area contributed by atoms with Crippen LogP contribution in [0.25, 0.3) is 0 Å². The predicted molar refractivity (Wildman–Crippen MR) is 67.1 cm³/mol. The van der Waals surface area contributed by atoms with E-state index >= 15 is 0 Å². The van der Waals surface area contributed by atoms with Gasteiger partial charge in [-0.1, -0.05) is 0 Å². The van der Waals surface area contributed by atoms with Gasteiger partial charge in [0.15, 0.2) is 5.13 Å². The van der Waals surface area contributed by atoms with Crippen molar-refractivity contribution >= 4 is 22.4 Å². The summed E-state index contributed by atoms with van der Waals surface area (Å²) in [6.07, 6.45) is 3.77. The predicted octanol–water partition coefficient (Wildman–Crippen LogP) is 1.67. The third-order valence-corrected chi connectivity index (χ3v) is 3.50. The molecule has 0 saturated carbocycles. The molecule has 2 aromatic rings. The number of imidazole rings is 1. The minimum absolute atomic E-state index is 0.0898. The second-order valence-electron chi connectivity index (χ2n) is 3.84. The van der Waals surface area contributed by atoms with E-state index in [2.05, 4.69) is 15.3 Å². The van der Waals surface area contributed by atoms with Crippen LogP contribution in [0.3, 0.4) is 0 Å². The minimum Gasteiger partial charge on any atom is -0.338 e. The maximum absolute atomic E-state index is 11.8. The Morgan fingerprint density at radius 1 is 1.53 bits per heavy atom. The van der Waals surface area contributed by atoms with Crippen molar-refractivity contribution in [2.24, 2.45) is 7.05 Å². The van der Waals surface area contributed by atoms with Gasteiger partial charge in [-0.15, -0.1) is 11.3 Å². The van der Waals surface area contributed by atoms with Crippen molar-refractivity contribution in [3.8, 4) is 0 Å². The maximum atomic E-state index is 11.8. The number of rotatable bonds is 3. The molecule has 0 aliphatic rings. The van der Waals surface area contributed by atoms with Gasteiger partial charge in [-0.25, -0.2) is 9.97 Å². The quantitative estimate of drug-likeness (QED) is 0.901. The molecule has 0 aliphatic carbocycles. The third kappa shape index (κ3) is 2.71. The third-order valence-electron chi connectivity index (χ3n) is 2.51. The van der Waals surface area contributed by atoms with E-state index in [0.717, 1.165) is 16.4 Å². The molecule has 0 spiro atoms. The highest BCUT2D eigenvalue weighted by Crippen LogP contribution is 2.21. The number of carbonyl (C=O) groups excluding carboxylic acids is 1. The van der Waals surface area contributed by atoms with Crippen molar-refractivity contribution < 1.29 is 4.79 Å². The lowest BCUT2D eigenvalue weighted by Gasteiger charge is -2.01. The summed E-state index contributed by atoms with van der Waals surface area (Å²) in [5, 5.41) is 3.44. The second kappa shape index (κ2) is 4.67. The molecule has 0 atom stereocenters. The van der Waals surface area contributed by atoms with Crippen LogP contribution in [0.5, 0.6) is 0 Å². The van der Waals surface area contributed by atoms with E-state index in [1.165, 1.54) is 11.3 Å². The number of aromatic nitrogens is 3. The Morgan fingerprint density at radius 3 is 2.82 bits per heavy atom. The van der Waals surface area contributed by atoms with Crippen LogP contribution in [-0.2, 0) is 18.3 Å². The first kappa shape index (κ1) is 11.8. The van der Waals surface area contributed by atoms with Crippen molar-refractivity contribution in [2.45, 2.75) is 20.3 Å². The van der Waals surface area contributed by atoms with Crippen LogP contribution < -0.4 is 5.32 Å². The molecule has 0 aromatic carbocycles. The number of hydrogen-bond donors (Lipinski definition) is 1. The number of anilines is 1. The van der Waals surface area contributed by atoms with Gasteiger partial charge >= 0.3 is 0 Å². The maximum Gasteiger partial charge on any atom is 0.233 e. The first-order chi connectivity index (χ1) is 8.06. The summed E-state index contributed by atoms with van der Waals surface area (Å²) in [7, 11) is 1.87. The fourth-order valence-corrected chi connectivity index (χ4v) is 2.23. The molecule has 0 bridgehead atoms. The van der Waals surface area contributed by atoms with E-state index in [1.807, 2.05) is 31.7 Å². The van der Waals surface area contributed by atoms with Gasteiger partial charge in [-0.05, 0) is 13.8 Å². The lowest BCUT2D eigenvalue weighted by Crippen LogP contribution is -2.16. The molecule has 1 amide bonds. The van der Waals surface area contributed by atoms with E-state index in [0.29, 0.717) is 5.13 Å². The summed E-state index contributed by atoms with van der Waals surface area (Å²) in [6, 6.07) is 0. The number of hydrogen-bond acceptors (Lipinski definition) is 4. The first-order valence-corrected chi connectivity index (χ1v) is 6.08. The minimum atomic E-state index is -0.0898. The second-order valence-corrected chi connectivity index (χ2v) is 5.04. The monoisotopic (exact) mass is 250 g/mol. The molecule has 2 heterocycles. The highest BCUT2D eigenvalue weighted by atomic mass is 32.1. The summed E-state index contributed by atoms with van der Waals surface area (Å²) in [4.78, 5) is 21.2. The largest absolute Gasteiger partial charge is 0.338 e. The van der Waals surface area contributed by atoms with Crippen LogP contribution in [0.15, 0.2) is 12.4 Å². The molecular weight excluding hydrogens is 236 g/mol. The Kier molecular flexibility index (Phi) is 3.23. The summed E-state index contributed by atoms with van der Waals surface area (Å²) in [5.74, 6) is 0.653. The lowest BCUT2D eigenvalue weighted by atomic mass is 10.4. The van der Waals surface area contributed by atoms with E-state index < -0.39 is 0 Å². The Balaban J connectivity index is 2.00. The van der Waals surface area contributed by atoms with Gasteiger partial charge in [0.1, 0.15) is 5.82 Å². The van der Waals surface area contributed by atoms with Crippen LogP contribution >= 0.6 is 11.3 Å². The topological polar surface area (TPSA) is 59.8 Å². The van der Waals surface area contributed by atoms with Gasteiger partial charge in [0.05, 0.1) is 12.1 Å². The Labute approximate surface area is 104 Å². The molecule has 90 valence electrons. The van der Waals surface area contributed by atoms with Crippen LogP contribution in [0.4, 0.5) is 5.13 Å². The molecule has 0 fully saturated rings. The van der Waals surface area contributed by atoms with Crippen LogP contribution in [0.2, 0.25) is 0 Å². The Morgan fingerprint density at radius 2 is 2.29 bits per heavy atom. The smallest absolute Gasteiger partial charge is 0.233 e. The average molecular weight is 250 g/mol. The van der Waals surface area contributed by atoms with Crippen molar-refractivity contribution in [1.29, 1.82) is 0 Å². The highest BCUT2D eigenvalue weighted by Gasteiger charge is 2.10.